The molecular weight excluding hydrogens is 392 g/mol. The van der Waals surface area contributed by atoms with Crippen LogP contribution in [-0.4, -0.2) is 41.3 Å². The number of carbonyl (C=O) groups is 1. The van der Waals surface area contributed by atoms with E-state index in [1.807, 2.05) is 4.72 Å². The Balaban J connectivity index is 1.87. The Bertz CT molecular complexity index is 1190. The SMILES string of the molecule is COc1ccnc(NC(=O)NS(=O)(=O)c2ccccc2-c2nn(C)c(=O)o2)n1. The van der Waals surface area contributed by atoms with E-state index in [4.69, 9.17) is 9.15 Å². The highest BCUT2D eigenvalue weighted by Gasteiger charge is 2.24. The molecule has 0 aliphatic rings. The van der Waals surface area contributed by atoms with Crippen LogP contribution in [-0.2, 0) is 17.1 Å². The summed E-state index contributed by atoms with van der Waals surface area (Å²) in [5, 5.41) is 6.02. The quantitative estimate of drug-likeness (QED) is 0.609. The van der Waals surface area contributed by atoms with Gasteiger partial charge in [-0.2, -0.15) is 9.67 Å². The molecule has 146 valence electrons. The largest absolute Gasteiger partial charge is 0.481 e. The summed E-state index contributed by atoms with van der Waals surface area (Å²) in [7, 11) is -1.61. The Labute approximate surface area is 158 Å². The van der Waals surface area contributed by atoms with E-state index in [-0.39, 0.29) is 28.2 Å². The highest BCUT2D eigenvalue weighted by Crippen LogP contribution is 2.24. The lowest BCUT2D eigenvalue weighted by atomic mass is 10.2. The average Bonchev–Trinajstić information content (AvgIpc) is 3.00. The van der Waals surface area contributed by atoms with Crippen LogP contribution in [0.25, 0.3) is 11.5 Å². The van der Waals surface area contributed by atoms with Crippen LogP contribution in [0.15, 0.2) is 50.6 Å². The summed E-state index contributed by atoms with van der Waals surface area (Å²) in [6.07, 6.45) is 1.33. The molecule has 0 saturated heterocycles. The molecule has 28 heavy (non-hydrogen) atoms. The number of methoxy groups -OCH3 is 1. The maximum atomic E-state index is 12.6. The smallest absolute Gasteiger partial charge is 0.437 e. The molecule has 12 nitrogen and oxygen atoms in total. The van der Waals surface area contributed by atoms with Gasteiger partial charge in [0.05, 0.1) is 12.7 Å². The molecule has 0 fully saturated rings. The van der Waals surface area contributed by atoms with Crippen molar-refractivity contribution in [3.8, 4) is 17.3 Å². The molecule has 0 aliphatic carbocycles. The number of hydrogen-bond acceptors (Lipinski definition) is 9. The van der Waals surface area contributed by atoms with Gasteiger partial charge in [-0.05, 0) is 12.1 Å². The minimum atomic E-state index is -4.34. The molecule has 1 aromatic carbocycles. The Morgan fingerprint density at radius 2 is 2.00 bits per heavy atom. The fraction of sp³-hybridized carbons (Fsp3) is 0.133. The second-order valence-electron chi connectivity index (χ2n) is 5.28. The first kappa shape index (κ1) is 19.0. The fourth-order valence-corrected chi connectivity index (χ4v) is 3.26. The van der Waals surface area contributed by atoms with Crippen molar-refractivity contribution in [2.24, 2.45) is 7.05 Å². The Kier molecular flexibility index (Phi) is 5.08. The molecule has 0 atom stereocenters. The van der Waals surface area contributed by atoms with Crippen LogP contribution >= 0.6 is 0 Å². The molecule has 13 heteroatoms. The van der Waals surface area contributed by atoms with E-state index in [1.54, 1.807) is 0 Å². The number of ether oxygens (including phenoxy) is 1. The molecule has 0 unspecified atom stereocenters. The van der Waals surface area contributed by atoms with Gasteiger partial charge in [-0.15, -0.1) is 5.10 Å². The maximum absolute atomic E-state index is 12.6. The van der Waals surface area contributed by atoms with Crippen molar-refractivity contribution in [3.05, 3.63) is 47.1 Å². The van der Waals surface area contributed by atoms with Gasteiger partial charge in [0.2, 0.25) is 11.8 Å². The van der Waals surface area contributed by atoms with Crippen molar-refractivity contribution in [2.45, 2.75) is 4.90 Å². The number of benzene rings is 1. The van der Waals surface area contributed by atoms with E-state index in [9.17, 15) is 18.0 Å². The first-order chi connectivity index (χ1) is 13.3. The molecule has 2 amide bonds. The third-order valence-corrected chi connectivity index (χ3v) is 4.78. The fourth-order valence-electron chi connectivity index (χ4n) is 2.15. The van der Waals surface area contributed by atoms with Crippen molar-refractivity contribution in [3.63, 3.8) is 0 Å². The van der Waals surface area contributed by atoms with Crippen molar-refractivity contribution in [2.75, 3.05) is 12.4 Å². The van der Waals surface area contributed by atoms with Gasteiger partial charge in [-0.25, -0.2) is 27.7 Å². The molecule has 3 rings (SSSR count). The number of amides is 2. The molecule has 2 heterocycles. The minimum Gasteiger partial charge on any atom is -0.481 e. The highest BCUT2D eigenvalue weighted by molar-refractivity contribution is 7.90. The molecule has 0 saturated carbocycles. The molecule has 0 radical (unpaired) electrons. The molecule has 0 aliphatic heterocycles. The standard InChI is InChI=1S/C15H14N6O6S/c1-21-15(23)27-12(19-21)9-5-3-4-6-10(9)28(24,25)20-14(22)18-13-16-8-7-11(17-13)26-2/h3-8H,1-2H3,(H2,16,17,18,20,22). The topological polar surface area (TPSA) is 158 Å². The molecular formula is C15H14N6O6S. The molecule has 3 aromatic rings. The number of hydrogen-bond donors (Lipinski definition) is 2. The van der Waals surface area contributed by atoms with Crippen molar-refractivity contribution < 1.29 is 22.4 Å². The van der Waals surface area contributed by atoms with Gasteiger partial charge in [0.15, 0.2) is 0 Å². The van der Waals surface area contributed by atoms with Crippen molar-refractivity contribution in [1.82, 2.24) is 24.5 Å². The summed E-state index contributed by atoms with van der Waals surface area (Å²) in [4.78, 5) is 30.9. The summed E-state index contributed by atoms with van der Waals surface area (Å²) in [6.45, 7) is 0. The normalized spacial score (nSPS) is 11.1. The summed E-state index contributed by atoms with van der Waals surface area (Å²) in [6, 6.07) is 5.97. The van der Waals surface area contributed by atoms with Gasteiger partial charge in [-0.3, -0.25) is 5.32 Å². The second kappa shape index (κ2) is 7.48. The number of anilines is 1. The van der Waals surface area contributed by atoms with E-state index in [0.29, 0.717) is 0 Å². The number of rotatable bonds is 5. The zero-order valence-corrected chi connectivity index (χ0v) is 15.4. The molecule has 2 N–H and O–H groups in total. The number of aryl methyl sites for hydroxylation is 1. The lowest BCUT2D eigenvalue weighted by Crippen LogP contribution is -2.35. The van der Waals surface area contributed by atoms with Crippen molar-refractivity contribution in [1.29, 1.82) is 0 Å². The third-order valence-electron chi connectivity index (χ3n) is 3.39. The van der Waals surface area contributed by atoms with Crippen LogP contribution < -0.4 is 20.5 Å². The van der Waals surface area contributed by atoms with Gasteiger partial charge in [0, 0.05) is 19.3 Å². The number of nitrogens with zero attached hydrogens (tertiary/aromatic N) is 4. The zero-order chi connectivity index (χ0) is 20.3. The first-order valence-electron chi connectivity index (χ1n) is 7.64. The van der Waals surface area contributed by atoms with Crippen LogP contribution in [0.4, 0.5) is 10.7 Å². The van der Waals surface area contributed by atoms with Gasteiger partial charge in [0.1, 0.15) is 4.90 Å². The van der Waals surface area contributed by atoms with Gasteiger partial charge >= 0.3 is 11.8 Å². The van der Waals surface area contributed by atoms with E-state index in [2.05, 4.69) is 20.4 Å². The molecule has 0 spiro atoms. The van der Waals surface area contributed by atoms with Gasteiger partial charge in [-0.1, -0.05) is 12.1 Å². The predicted molar refractivity (Wildman–Crippen MR) is 95.1 cm³/mol. The highest BCUT2D eigenvalue weighted by atomic mass is 32.2. The Hall–Kier alpha value is -3.74. The van der Waals surface area contributed by atoms with E-state index >= 15 is 0 Å². The Morgan fingerprint density at radius 3 is 2.68 bits per heavy atom. The Morgan fingerprint density at radius 1 is 1.25 bits per heavy atom. The lowest BCUT2D eigenvalue weighted by molar-refractivity contribution is 0.256. The van der Waals surface area contributed by atoms with Crippen LogP contribution in [0.2, 0.25) is 0 Å². The zero-order valence-electron chi connectivity index (χ0n) is 14.6. The van der Waals surface area contributed by atoms with E-state index in [1.165, 1.54) is 50.7 Å². The van der Waals surface area contributed by atoms with E-state index < -0.39 is 21.8 Å². The summed E-state index contributed by atoms with van der Waals surface area (Å²) in [5.41, 5.74) is 0.0122. The van der Waals surface area contributed by atoms with E-state index in [0.717, 1.165) is 4.68 Å². The minimum absolute atomic E-state index is 0.0122. The summed E-state index contributed by atoms with van der Waals surface area (Å²) in [5.74, 6) is -0.937. The number of nitrogens with one attached hydrogen (secondary N) is 2. The predicted octanol–water partition coefficient (Wildman–Crippen LogP) is 0.349. The number of aromatic nitrogens is 4. The lowest BCUT2D eigenvalue weighted by Gasteiger charge is -2.10. The van der Waals surface area contributed by atoms with Gasteiger partial charge in [0.25, 0.3) is 15.9 Å². The number of urea groups is 1. The second-order valence-corrected chi connectivity index (χ2v) is 6.93. The maximum Gasteiger partial charge on any atom is 0.437 e. The van der Waals surface area contributed by atoms with Crippen molar-refractivity contribution >= 4 is 22.0 Å². The van der Waals surface area contributed by atoms with Gasteiger partial charge < -0.3 is 9.15 Å². The average molecular weight is 406 g/mol. The number of sulfonamides is 1. The van der Waals surface area contributed by atoms with Crippen LogP contribution in [0.3, 0.4) is 0 Å². The van der Waals surface area contributed by atoms with Crippen LogP contribution in [0, 0.1) is 0 Å². The van der Waals surface area contributed by atoms with Crippen LogP contribution in [0.1, 0.15) is 0 Å². The van der Waals surface area contributed by atoms with Crippen LogP contribution in [0.5, 0.6) is 5.88 Å². The molecule has 2 aromatic heterocycles. The molecule has 0 bridgehead atoms. The summed E-state index contributed by atoms with van der Waals surface area (Å²) < 4.78 is 37.9. The number of carbonyl (C=O) groups excluding carboxylic acids is 1. The first-order valence-corrected chi connectivity index (χ1v) is 9.13. The summed E-state index contributed by atoms with van der Waals surface area (Å²) >= 11 is 0. The monoisotopic (exact) mass is 406 g/mol. The third kappa shape index (κ3) is 3.98.